The zero-order chi connectivity index (χ0) is 22.8. The number of aromatic nitrogens is 1. The van der Waals surface area contributed by atoms with E-state index in [-0.39, 0.29) is 12.0 Å². The third-order valence-corrected chi connectivity index (χ3v) is 6.16. The van der Waals surface area contributed by atoms with Crippen LogP contribution in [-0.4, -0.2) is 35.1 Å². The number of anilines is 1. The number of hydrogen-bond acceptors (Lipinski definition) is 6. The Balaban J connectivity index is 1.72. The van der Waals surface area contributed by atoms with Crippen LogP contribution in [0.15, 0.2) is 53.9 Å². The molecule has 0 aliphatic carbocycles. The lowest BCUT2D eigenvalue weighted by Crippen LogP contribution is -2.52. The number of amides is 1. The highest BCUT2D eigenvalue weighted by molar-refractivity contribution is 7.13. The van der Waals surface area contributed by atoms with Gasteiger partial charge in [-0.05, 0) is 45.4 Å². The van der Waals surface area contributed by atoms with Crippen molar-refractivity contribution in [1.29, 1.82) is 0 Å². The van der Waals surface area contributed by atoms with Crippen molar-refractivity contribution < 1.29 is 19.1 Å². The van der Waals surface area contributed by atoms with E-state index in [9.17, 15) is 9.59 Å². The van der Waals surface area contributed by atoms with E-state index in [1.54, 1.807) is 32.1 Å². The summed E-state index contributed by atoms with van der Waals surface area (Å²) in [6, 6.07) is 14.9. The van der Waals surface area contributed by atoms with Gasteiger partial charge in [-0.3, -0.25) is 9.69 Å². The summed E-state index contributed by atoms with van der Waals surface area (Å²) in [6.07, 6.45) is -0.387. The van der Waals surface area contributed by atoms with Gasteiger partial charge in [0, 0.05) is 16.5 Å². The minimum absolute atomic E-state index is 0.242. The molecule has 3 aromatic rings. The lowest BCUT2D eigenvalue weighted by molar-refractivity contribution is -0.150. The second-order valence-corrected chi connectivity index (χ2v) is 8.83. The standard InChI is InChI=1S/C25H26N2O4S/c1-5-21-24(28)27(16(4)25(29)30-15(2)3)20-13-18(11-12-22(20)31-21)19-14-32-23(26-19)17-9-7-6-8-10-17/h6-16,21H,5H2,1-4H3. The molecule has 7 heteroatoms. The zero-order valence-corrected chi connectivity index (χ0v) is 19.4. The van der Waals surface area contributed by atoms with Crippen LogP contribution in [0.3, 0.4) is 0 Å². The maximum atomic E-state index is 13.2. The second kappa shape index (κ2) is 9.12. The first-order valence-electron chi connectivity index (χ1n) is 10.7. The number of rotatable bonds is 6. The molecular formula is C25H26N2O4S. The molecule has 4 rings (SSSR count). The summed E-state index contributed by atoms with van der Waals surface area (Å²) in [4.78, 5) is 32.1. The molecule has 2 atom stereocenters. The van der Waals surface area contributed by atoms with Crippen LogP contribution in [0.5, 0.6) is 5.75 Å². The SMILES string of the molecule is CCC1Oc2ccc(-c3csc(-c4ccccc4)n3)cc2N(C(C)C(=O)OC(C)C)C1=O. The molecule has 0 radical (unpaired) electrons. The van der Waals surface area contributed by atoms with E-state index < -0.39 is 18.1 Å². The van der Waals surface area contributed by atoms with E-state index in [1.807, 2.05) is 60.8 Å². The molecule has 0 saturated heterocycles. The lowest BCUT2D eigenvalue weighted by Gasteiger charge is -2.37. The maximum Gasteiger partial charge on any atom is 0.329 e. The Kier molecular flexibility index (Phi) is 6.28. The highest BCUT2D eigenvalue weighted by atomic mass is 32.1. The Hall–Kier alpha value is -3.19. The van der Waals surface area contributed by atoms with E-state index in [0.29, 0.717) is 17.9 Å². The molecule has 0 fully saturated rings. The molecule has 1 aromatic heterocycles. The van der Waals surface area contributed by atoms with Gasteiger partial charge < -0.3 is 9.47 Å². The van der Waals surface area contributed by atoms with Crippen LogP contribution in [0.2, 0.25) is 0 Å². The number of carbonyl (C=O) groups is 2. The topological polar surface area (TPSA) is 68.7 Å². The second-order valence-electron chi connectivity index (χ2n) is 7.97. The van der Waals surface area contributed by atoms with Crippen LogP contribution in [0, 0.1) is 0 Å². The van der Waals surface area contributed by atoms with Crippen LogP contribution in [-0.2, 0) is 14.3 Å². The third kappa shape index (κ3) is 4.25. The zero-order valence-electron chi connectivity index (χ0n) is 18.6. The molecule has 0 bridgehead atoms. The number of esters is 1. The van der Waals surface area contributed by atoms with Crippen molar-refractivity contribution in [2.75, 3.05) is 4.90 Å². The van der Waals surface area contributed by atoms with Gasteiger partial charge in [0.1, 0.15) is 16.8 Å². The molecule has 1 amide bonds. The van der Waals surface area contributed by atoms with Crippen molar-refractivity contribution in [3.63, 3.8) is 0 Å². The molecule has 6 nitrogen and oxygen atoms in total. The number of hydrogen-bond donors (Lipinski definition) is 0. The van der Waals surface area contributed by atoms with E-state index in [1.165, 1.54) is 4.90 Å². The fourth-order valence-corrected chi connectivity index (χ4v) is 4.49. The summed E-state index contributed by atoms with van der Waals surface area (Å²) in [7, 11) is 0. The van der Waals surface area contributed by atoms with Crippen molar-refractivity contribution >= 4 is 28.9 Å². The van der Waals surface area contributed by atoms with Gasteiger partial charge in [-0.2, -0.15) is 0 Å². The fourth-order valence-electron chi connectivity index (χ4n) is 3.66. The molecule has 166 valence electrons. The number of carbonyl (C=O) groups excluding carboxylic acids is 2. The monoisotopic (exact) mass is 450 g/mol. The Bertz CT molecular complexity index is 1130. The number of thiazole rings is 1. The van der Waals surface area contributed by atoms with E-state index >= 15 is 0 Å². The molecule has 0 N–H and O–H groups in total. The number of nitrogens with zero attached hydrogens (tertiary/aromatic N) is 2. The smallest absolute Gasteiger partial charge is 0.329 e. The van der Waals surface area contributed by atoms with Crippen molar-refractivity contribution in [2.24, 2.45) is 0 Å². The van der Waals surface area contributed by atoms with Gasteiger partial charge in [-0.15, -0.1) is 11.3 Å². The Morgan fingerprint density at radius 1 is 1.16 bits per heavy atom. The Morgan fingerprint density at radius 2 is 1.91 bits per heavy atom. The minimum Gasteiger partial charge on any atom is -0.478 e. The first-order chi connectivity index (χ1) is 15.4. The Labute approximate surface area is 191 Å². The summed E-state index contributed by atoms with van der Waals surface area (Å²) >= 11 is 1.56. The largest absolute Gasteiger partial charge is 0.478 e. The third-order valence-electron chi connectivity index (χ3n) is 5.27. The van der Waals surface area contributed by atoms with Crippen molar-refractivity contribution in [3.05, 3.63) is 53.9 Å². The fraction of sp³-hybridized carbons (Fsp3) is 0.320. The number of fused-ring (bicyclic) bond motifs is 1. The molecule has 2 unspecified atom stereocenters. The van der Waals surface area contributed by atoms with Gasteiger partial charge >= 0.3 is 5.97 Å². The van der Waals surface area contributed by atoms with Gasteiger partial charge in [-0.1, -0.05) is 37.3 Å². The summed E-state index contributed by atoms with van der Waals surface area (Å²) in [5.41, 5.74) is 3.26. The van der Waals surface area contributed by atoms with Crippen molar-refractivity contribution in [1.82, 2.24) is 4.98 Å². The molecule has 1 aliphatic rings. The molecule has 2 heterocycles. The lowest BCUT2D eigenvalue weighted by atomic mass is 10.1. The van der Waals surface area contributed by atoms with Gasteiger partial charge in [0.25, 0.3) is 5.91 Å². The predicted octanol–water partition coefficient (Wildman–Crippen LogP) is 5.32. The molecule has 0 spiro atoms. The van der Waals surface area contributed by atoms with Gasteiger partial charge in [0.2, 0.25) is 0 Å². The average Bonchev–Trinajstić information content (AvgIpc) is 3.28. The van der Waals surface area contributed by atoms with E-state index in [0.717, 1.165) is 21.8 Å². The molecule has 32 heavy (non-hydrogen) atoms. The predicted molar refractivity (Wildman–Crippen MR) is 126 cm³/mol. The van der Waals surface area contributed by atoms with Crippen molar-refractivity contribution in [2.45, 2.75) is 52.4 Å². The minimum atomic E-state index is -0.771. The first kappa shape index (κ1) is 22.0. The quantitative estimate of drug-likeness (QED) is 0.475. The summed E-state index contributed by atoms with van der Waals surface area (Å²) in [5, 5.41) is 2.91. The van der Waals surface area contributed by atoms with Crippen LogP contribution < -0.4 is 9.64 Å². The highest BCUT2D eigenvalue weighted by Gasteiger charge is 2.39. The molecule has 2 aromatic carbocycles. The van der Waals surface area contributed by atoms with Gasteiger partial charge in [0.05, 0.1) is 17.5 Å². The molecule has 1 aliphatic heterocycles. The molecular weight excluding hydrogens is 424 g/mol. The van der Waals surface area contributed by atoms with E-state index in [2.05, 4.69) is 0 Å². The first-order valence-corrected chi connectivity index (χ1v) is 11.6. The highest BCUT2D eigenvalue weighted by Crippen LogP contribution is 2.40. The normalized spacial score (nSPS) is 16.5. The van der Waals surface area contributed by atoms with E-state index in [4.69, 9.17) is 14.5 Å². The number of benzene rings is 2. The van der Waals surface area contributed by atoms with Crippen LogP contribution >= 0.6 is 11.3 Å². The molecule has 0 saturated carbocycles. The summed E-state index contributed by atoms with van der Waals surface area (Å²) < 4.78 is 11.3. The van der Waals surface area contributed by atoms with Crippen molar-refractivity contribution in [3.8, 4) is 27.6 Å². The van der Waals surface area contributed by atoms with Gasteiger partial charge in [-0.25, -0.2) is 9.78 Å². The van der Waals surface area contributed by atoms with Crippen LogP contribution in [0.25, 0.3) is 21.8 Å². The number of ether oxygens (including phenoxy) is 2. The van der Waals surface area contributed by atoms with Gasteiger partial charge in [0.15, 0.2) is 6.10 Å². The maximum absolute atomic E-state index is 13.2. The summed E-state index contributed by atoms with van der Waals surface area (Å²) in [5.74, 6) is -0.113. The summed E-state index contributed by atoms with van der Waals surface area (Å²) in [6.45, 7) is 7.16. The van der Waals surface area contributed by atoms with Crippen LogP contribution in [0.4, 0.5) is 5.69 Å². The van der Waals surface area contributed by atoms with Crippen LogP contribution in [0.1, 0.15) is 34.1 Å². The Morgan fingerprint density at radius 3 is 2.59 bits per heavy atom. The average molecular weight is 451 g/mol.